The lowest BCUT2D eigenvalue weighted by Crippen LogP contribution is -2.74. The summed E-state index contributed by atoms with van der Waals surface area (Å²) in [6.07, 6.45) is -7.76. The molecule has 8 N–H and O–H groups in total. The summed E-state index contributed by atoms with van der Waals surface area (Å²) in [5, 5.41) is 89.1. The normalized spacial score (nSPS) is 51.4. The molecule has 0 bridgehead atoms. The Balaban J connectivity index is 1.27. The van der Waals surface area contributed by atoms with Crippen LogP contribution >= 0.6 is 0 Å². The Morgan fingerprint density at radius 2 is 1.68 bits per heavy atom. The van der Waals surface area contributed by atoms with Crippen LogP contribution in [0.15, 0.2) is 22.8 Å². The maximum atomic E-state index is 14.1. The Bertz CT molecular complexity index is 1370. The van der Waals surface area contributed by atoms with Gasteiger partial charge in [0.15, 0.2) is 6.29 Å². The maximum absolute atomic E-state index is 14.1. The van der Waals surface area contributed by atoms with Crippen molar-refractivity contribution in [2.45, 2.75) is 145 Å². The summed E-state index contributed by atoms with van der Waals surface area (Å²) in [7, 11) is 0. The summed E-state index contributed by atoms with van der Waals surface area (Å²) in [5.74, 6) is -1.68. The van der Waals surface area contributed by atoms with Gasteiger partial charge in [0.1, 0.15) is 47.5 Å². The minimum atomic E-state index is -2.26. The number of carbonyl (C=O) groups is 2. The second kappa shape index (κ2) is 11.4. The van der Waals surface area contributed by atoms with Crippen molar-refractivity contribution in [3.8, 4) is 0 Å². The third-order valence-corrected chi connectivity index (χ3v) is 13.6. The molecule has 264 valence electrons. The van der Waals surface area contributed by atoms with E-state index in [0.717, 1.165) is 5.57 Å². The Morgan fingerprint density at radius 1 is 1.00 bits per heavy atom. The molecular formula is C34H50O13. The van der Waals surface area contributed by atoms with E-state index >= 15 is 0 Å². The molecule has 0 aromatic rings. The smallest absolute Gasteiger partial charge is 0.334 e. The number of carbonyl (C=O) groups excluding carboxylic acids is 2. The van der Waals surface area contributed by atoms with Crippen molar-refractivity contribution in [1.82, 2.24) is 0 Å². The summed E-state index contributed by atoms with van der Waals surface area (Å²) >= 11 is 0. The number of esters is 1. The predicted molar refractivity (Wildman–Crippen MR) is 162 cm³/mol. The largest absolute Gasteiger partial charge is 0.455 e. The number of Topliss-reactive ketones (excluding diaryl/α,β-unsaturated/α-hetero) is 1. The van der Waals surface area contributed by atoms with Crippen molar-refractivity contribution in [3.63, 3.8) is 0 Å². The Hall–Kier alpha value is -1.78. The van der Waals surface area contributed by atoms with Crippen LogP contribution in [0, 0.1) is 22.7 Å². The van der Waals surface area contributed by atoms with Crippen molar-refractivity contribution in [2.24, 2.45) is 22.7 Å². The van der Waals surface area contributed by atoms with Crippen LogP contribution in [0.25, 0.3) is 0 Å². The molecule has 0 spiro atoms. The number of fused-ring (bicyclic) bond motifs is 5. The number of hydrogen-bond donors (Lipinski definition) is 8. The zero-order chi connectivity index (χ0) is 34.6. The minimum Gasteiger partial charge on any atom is -0.455 e. The van der Waals surface area contributed by atoms with Crippen LogP contribution in [0.3, 0.4) is 0 Å². The van der Waals surface area contributed by atoms with Crippen molar-refractivity contribution in [3.05, 3.63) is 22.8 Å². The average molecular weight is 667 g/mol. The van der Waals surface area contributed by atoms with E-state index in [2.05, 4.69) is 0 Å². The molecule has 4 fully saturated rings. The maximum Gasteiger partial charge on any atom is 0.334 e. The molecule has 47 heavy (non-hydrogen) atoms. The fourth-order valence-corrected chi connectivity index (χ4v) is 10.3. The van der Waals surface area contributed by atoms with Crippen LogP contribution in [0.1, 0.15) is 79.6 Å². The number of ether oxygens (including phenoxy) is 3. The molecule has 15 atom stereocenters. The predicted octanol–water partition coefficient (Wildman–Crippen LogP) is -0.467. The SMILES string of the molecule is CC1=C(C)C(=O)OC(C(C)(O)C2(O)C(O)CC3(O)C4CC=C5CC(O[C@@H]6O[C@H](CO)[C@@H](O)[C@H](O)[C@H]6O)CC(=O)C5(C)C4CCC32C)C1. The molecule has 0 radical (unpaired) electrons. The summed E-state index contributed by atoms with van der Waals surface area (Å²) < 4.78 is 17.1. The monoisotopic (exact) mass is 666 g/mol. The summed E-state index contributed by atoms with van der Waals surface area (Å²) in [4.78, 5) is 26.7. The summed E-state index contributed by atoms with van der Waals surface area (Å²) in [6, 6.07) is 0. The van der Waals surface area contributed by atoms with Gasteiger partial charge < -0.3 is 55.1 Å². The molecule has 6 rings (SSSR count). The molecule has 2 aliphatic heterocycles. The van der Waals surface area contributed by atoms with Crippen LogP contribution in [0.5, 0.6) is 0 Å². The molecule has 10 unspecified atom stereocenters. The van der Waals surface area contributed by atoms with Crippen LogP contribution in [0.4, 0.5) is 0 Å². The van der Waals surface area contributed by atoms with E-state index in [1.165, 1.54) is 6.92 Å². The standard InChI is InChI=1S/C34H50O13/c1-15-10-24(47-28(41)16(15)2)32(5,42)34(44)23(37)13-33(43)20-7-6-17-11-18(45-29-27(40)26(39)25(38)21(14-35)46-29)12-22(36)31(17,4)19(20)8-9-30(33,34)3/h6,18-21,23-27,29,35,37-40,42-44H,7-14H2,1-5H3/t18?,19?,20?,21-,23?,24?,25-,26+,27-,29-,30?,31?,32?,33?,34?/m1/s1. The lowest BCUT2D eigenvalue weighted by Gasteiger charge is -2.63. The van der Waals surface area contributed by atoms with E-state index in [1.54, 1.807) is 20.8 Å². The number of aliphatic hydroxyl groups excluding tert-OH is 5. The Morgan fingerprint density at radius 3 is 2.32 bits per heavy atom. The number of allylic oxidation sites excluding steroid dienone is 1. The first-order valence-electron chi connectivity index (χ1n) is 16.7. The van der Waals surface area contributed by atoms with Gasteiger partial charge in [0.25, 0.3) is 0 Å². The highest BCUT2D eigenvalue weighted by Crippen LogP contribution is 2.70. The molecular weight excluding hydrogens is 616 g/mol. The van der Waals surface area contributed by atoms with E-state index in [0.29, 0.717) is 30.4 Å². The number of rotatable bonds is 5. The van der Waals surface area contributed by atoms with Gasteiger partial charge in [-0.1, -0.05) is 24.1 Å². The van der Waals surface area contributed by atoms with Crippen molar-refractivity contribution in [1.29, 1.82) is 0 Å². The molecule has 0 aromatic carbocycles. The van der Waals surface area contributed by atoms with Crippen LogP contribution < -0.4 is 0 Å². The van der Waals surface area contributed by atoms with E-state index in [1.807, 2.05) is 13.0 Å². The number of ketones is 1. The summed E-state index contributed by atoms with van der Waals surface area (Å²) in [6.45, 7) is 7.65. The first-order valence-corrected chi connectivity index (χ1v) is 16.7. The first kappa shape index (κ1) is 35.1. The van der Waals surface area contributed by atoms with Crippen molar-refractivity contribution in [2.75, 3.05) is 6.61 Å². The average Bonchev–Trinajstić information content (AvgIpc) is 3.18. The van der Waals surface area contributed by atoms with Gasteiger partial charge in [0.2, 0.25) is 0 Å². The van der Waals surface area contributed by atoms with Crippen molar-refractivity contribution >= 4 is 11.8 Å². The lowest BCUT2D eigenvalue weighted by molar-refractivity contribution is -0.312. The second-order valence-electron chi connectivity index (χ2n) is 15.6. The Kier molecular flexibility index (Phi) is 8.48. The molecule has 1 saturated heterocycles. The first-order chi connectivity index (χ1) is 21.8. The molecule has 4 aliphatic carbocycles. The topological polar surface area (TPSA) is 224 Å². The quantitative estimate of drug-likeness (QED) is 0.138. The zero-order valence-electron chi connectivity index (χ0n) is 27.6. The summed E-state index contributed by atoms with van der Waals surface area (Å²) in [5.41, 5.74) is -6.60. The van der Waals surface area contributed by atoms with Gasteiger partial charge >= 0.3 is 5.97 Å². The number of hydrogen-bond acceptors (Lipinski definition) is 13. The highest BCUT2D eigenvalue weighted by molar-refractivity contribution is 5.90. The van der Waals surface area contributed by atoms with Gasteiger partial charge in [-0.25, -0.2) is 4.79 Å². The lowest BCUT2D eigenvalue weighted by atomic mass is 9.44. The second-order valence-corrected chi connectivity index (χ2v) is 15.6. The van der Waals surface area contributed by atoms with Gasteiger partial charge in [0.05, 0.1) is 29.8 Å². The highest BCUT2D eigenvalue weighted by atomic mass is 16.7. The number of aliphatic hydroxyl groups is 8. The van der Waals surface area contributed by atoms with E-state index in [9.17, 15) is 50.4 Å². The van der Waals surface area contributed by atoms with Gasteiger partial charge in [-0.3, -0.25) is 4.79 Å². The van der Waals surface area contributed by atoms with E-state index in [-0.39, 0.29) is 37.4 Å². The minimum absolute atomic E-state index is 0.0532. The van der Waals surface area contributed by atoms with Crippen LogP contribution in [-0.2, 0) is 23.8 Å². The van der Waals surface area contributed by atoms with Gasteiger partial charge in [-0.05, 0) is 65.2 Å². The highest BCUT2D eigenvalue weighted by Gasteiger charge is 2.79. The molecule has 13 heteroatoms. The molecule has 0 aromatic heterocycles. The van der Waals surface area contributed by atoms with Crippen LogP contribution in [-0.4, -0.2) is 125 Å². The van der Waals surface area contributed by atoms with E-state index in [4.69, 9.17) is 14.2 Å². The molecule has 2 heterocycles. The van der Waals surface area contributed by atoms with Gasteiger partial charge in [-0.15, -0.1) is 0 Å². The molecule has 6 aliphatic rings. The fraction of sp³-hybridized carbons (Fsp3) is 0.824. The van der Waals surface area contributed by atoms with Crippen molar-refractivity contribution < 1.29 is 64.7 Å². The van der Waals surface area contributed by atoms with Gasteiger partial charge in [0, 0.05) is 30.3 Å². The zero-order valence-corrected chi connectivity index (χ0v) is 27.6. The van der Waals surface area contributed by atoms with Crippen LogP contribution in [0.2, 0.25) is 0 Å². The number of cyclic esters (lactones) is 1. The van der Waals surface area contributed by atoms with Gasteiger partial charge in [-0.2, -0.15) is 0 Å². The molecule has 13 nitrogen and oxygen atoms in total. The third-order valence-electron chi connectivity index (χ3n) is 13.6. The molecule has 3 saturated carbocycles. The fourth-order valence-electron chi connectivity index (χ4n) is 10.3. The van der Waals surface area contributed by atoms with E-state index < -0.39 is 95.1 Å². The third kappa shape index (κ3) is 4.58. The molecule has 0 amide bonds. The Labute approximate surface area is 273 Å².